The molecule has 2 saturated carbocycles. The van der Waals surface area contributed by atoms with Crippen LogP contribution in [-0.4, -0.2) is 74.4 Å². The zero-order valence-corrected chi connectivity index (χ0v) is 39.3. The fourth-order valence-electron chi connectivity index (χ4n) is 8.89. The Labute approximate surface area is 404 Å². The molecular weight excluding hydrogens is 911 g/mol. The lowest BCUT2D eigenvalue weighted by atomic mass is 9.81. The van der Waals surface area contributed by atoms with Crippen molar-refractivity contribution in [3.63, 3.8) is 0 Å². The highest BCUT2D eigenvalue weighted by molar-refractivity contribution is 6.32. The first-order valence-corrected chi connectivity index (χ1v) is 24.2. The molecule has 3 fully saturated rings. The third-order valence-corrected chi connectivity index (χ3v) is 13.5. The van der Waals surface area contributed by atoms with Crippen LogP contribution in [0.3, 0.4) is 0 Å². The first kappa shape index (κ1) is 45.7. The summed E-state index contributed by atoms with van der Waals surface area (Å²) < 4.78 is 53.4. The molecule has 68 heavy (non-hydrogen) atoms. The van der Waals surface area contributed by atoms with Gasteiger partial charge in [-0.3, -0.25) is 19.6 Å². The number of hydrogen-bond acceptors (Lipinski definition) is 13. The SMILES string of the molecule is COc1cc2nccc(Oc3ccc(CC(=O)CC4CCC4)c(Cl)c3)c2c2c1OCCO2.O=C(Cc1ccc(Oc2ccnc3cc(OC4CCOCC4)c4c(c23)OCCO4)cc1Cl)CC1CC1. The Kier molecular flexibility index (Phi) is 13.9. The fourth-order valence-corrected chi connectivity index (χ4v) is 9.36. The van der Waals surface area contributed by atoms with Gasteiger partial charge >= 0.3 is 0 Å². The Bertz CT molecular complexity index is 2840. The molecule has 15 heteroatoms. The number of aromatic nitrogens is 2. The Morgan fingerprint density at radius 3 is 1.53 bits per heavy atom. The van der Waals surface area contributed by atoms with Gasteiger partial charge in [0.2, 0.25) is 11.5 Å². The van der Waals surface area contributed by atoms with Gasteiger partial charge in [-0.25, -0.2) is 0 Å². The second-order valence-corrected chi connectivity index (χ2v) is 18.6. The first-order valence-electron chi connectivity index (χ1n) is 23.4. The summed E-state index contributed by atoms with van der Waals surface area (Å²) in [5.74, 6) is 7.30. The smallest absolute Gasteiger partial charge is 0.204 e. The summed E-state index contributed by atoms with van der Waals surface area (Å²) in [6.07, 6.45) is 13.0. The summed E-state index contributed by atoms with van der Waals surface area (Å²) in [5, 5.41) is 2.46. The summed E-state index contributed by atoms with van der Waals surface area (Å²) in [4.78, 5) is 33.6. The predicted octanol–water partition coefficient (Wildman–Crippen LogP) is 11.7. The van der Waals surface area contributed by atoms with E-state index in [-0.39, 0.29) is 17.7 Å². The average Bonchev–Trinajstić information content (AvgIpc) is 4.16. The second-order valence-electron chi connectivity index (χ2n) is 17.8. The van der Waals surface area contributed by atoms with Crippen molar-refractivity contribution in [3.05, 3.63) is 94.2 Å². The molecule has 0 unspecified atom stereocenters. The minimum atomic E-state index is 0.0575. The first-order chi connectivity index (χ1) is 33.3. The van der Waals surface area contributed by atoms with E-state index < -0.39 is 0 Å². The van der Waals surface area contributed by atoms with Crippen LogP contribution in [0.4, 0.5) is 0 Å². The van der Waals surface area contributed by atoms with Crippen molar-refractivity contribution in [2.75, 3.05) is 46.8 Å². The summed E-state index contributed by atoms with van der Waals surface area (Å²) in [6.45, 7) is 3.11. The number of hydrogen-bond donors (Lipinski definition) is 0. The van der Waals surface area contributed by atoms with Crippen LogP contribution in [0.2, 0.25) is 10.0 Å². The van der Waals surface area contributed by atoms with Gasteiger partial charge in [0.05, 0.1) is 42.1 Å². The minimum absolute atomic E-state index is 0.0575. The number of carbonyl (C=O) groups is 2. The van der Waals surface area contributed by atoms with E-state index in [2.05, 4.69) is 9.97 Å². The highest BCUT2D eigenvalue weighted by Crippen LogP contribution is 2.50. The van der Waals surface area contributed by atoms with Crippen molar-refractivity contribution >= 4 is 56.6 Å². The van der Waals surface area contributed by atoms with Crippen molar-refractivity contribution in [2.45, 2.75) is 76.7 Å². The van der Waals surface area contributed by atoms with Crippen LogP contribution in [0, 0.1) is 11.8 Å². The molecule has 6 aromatic rings. The summed E-state index contributed by atoms with van der Waals surface area (Å²) >= 11 is 13.0. The maximum atomic E-state index is 12.3. The van der Waals surface area contributed by atoms with Crippen LogP contribution in [-0.2, 0) is 27.2 Å². The van der Waals surface area contributed by atoms with E-state index in [0.29, 0.717) is 167 Å². The normalized spacial score (nSPS) is 16.6. The molecule has 0 radical (unpaired) electrons. The van der Waals surface area contributed by atoms with Gasteiger partial charge in [0.1, 0.15) is 67.1 Å². The number of benzene rings is 4. The monoisotopic (exact) mass is 962 g/mol. The number of nitrogens with zero attached hydrogens (tertiary/aromatic N) is 2. The number of carbonyl (C=O) groups excluding carboxylic acids is 2. The second kappa shape index (κ2) is 20.7. The minimum Gasteiger partial charge on any atom is -0.493 e. The van der Waals surface area contributed by atoms with Crippen LogP contribution in [0.15, 0.2) is 73.1 Å². The Morgan fingerprint density at radius 1 is 0.574 bits per heavy atom. The zero-order valence-electron chi connectivity index (χ0n) is 37.8. The molecule has 11 rings (SSSR count). The van der Waals surface area contributed by atoms with Crippen LogP contribution in [0.25, 0.3) is 21.8 Å². The van der Waals surface area contributed by atoms with Gasteiger partial charge in [0.25, 0.3) is 0 Å². The van der Waals surface area contributed by atoms with E-state index in [0.717, 1.165) is 49.7 Å². The molecule has 4 aromatic carbocycles. The van der Waals surface area contributed by atoms with Gasteiger partial charge in [-0.1, -0.05) is 54.6 Å². The van der Waals surface area contributed by atoms with Gasteiger partial charge in [-0.05, 0) is 72.2 Å². The molecule has 5 heterocycles. The number of ether oxygens (including phenoxy) is 9. The number of fused-ring (bicyclic) bond motifs is 6. The molecule has 0 spiro atoms. The lowest BCUT2D eigenvalue weighted by molar-refractivity contribution is -0.120. The van der Waals surface area contributed by atoms with E-state index >= 15 is 0 Å². The third kappa shape index (κ3) is 10.5. The largest absolute Gasteiger partial charge is 0.493 e. The molecular formula is C53H52Cl2N2O11. The molecule has 354 valence electrons. The average molecular weight is 964 g/mol. The molecule has 2 aromatic heterocycles. The van der Waals surface area contributed by atoms with E-state index in [1.807, 2.05) is 30.3 Å². The Morgan fingerprint density at radius 2 is 1.06 bits per heavy atom. The molecule has 0 atom stereocenters. The van der Waals surface area contributed by atoms with Gasteiger partial charge in [0.15, 0.2) is 23.0 Å². The van der Waals surface area contributed by atoms with Crippen LogP contribution < -0.4 is 37.9 Å². The topological polar surface area (TPSA) is 143 Å². The van der Waals surface area contributed by atoms with E-state index in [4.69, 9.17) is 65.8 Å². The van der Waals surface area contributed by atoms with Crippen LogP contribution >= 0.6 is 23.2 Å². The van der Waals surface area contributed by atoms with Crippen molar-refractivity contribution in [3.8, 4) is 57.5 Å². The van der Waals surface area contributed by atoms with E-state index in [1.165, 1.54) is 6.42 Å². The maximum absolute atomic E-state index is 12.3. The van der Waals surface area contributed by atoms with Crippen molar-refractivity contribution in [2.24, 2.45) is 11.8 Å². The van der Waals surface area contributed by atoms with Gasteiger partial charge < -0.3 is 42.6 Å². The number of Topliss-reactive ketones (excluding diaryl/α,β-unsaturated/α-hetero) is 2. The third-order valence-electron chi connectivity index (χ3n) is 12.8. The number of ketones is 2. The fraction of sp³-hybridized carbons (Fsp3) is 0.396. The van der Waals surface area contributed by atoms with Crippen molar-refractivity contribution < 1.29 is 52.2 Å². The standard InChI is InChI=1S/C28H28ClNO6.C25H24ClNO5/c29-22-15-21(4-3-18(22)14-19(31)13-17-1-2-17)36-24-5-8-30-23-16-25(35-20-6-9-32-10-7-20)27-28(26(23)24)34-12-11-33-27;1-29-22-14-20-23(25-24(22)30-9-10-31-25)21(7-8-27-20)32-18-6-5-16(19(26)13-18)12-17(28)11-15-3-2-4-15/h3-5,8,15-17,20H,1-2,6-7,9-14H2;5-8,13-15H,2-4,9-12H2,1H3. The quantitative estimate of drug-likeness (QED) is 0.0964. The maximum Gasteiger partial charge on any atom is 0.204 e. The van der Waals surface area contributed by atoms with Crippen molar-refractivity contribution in [1.82, 2.24) is 9.97 Å². The zero-order chi connectivity index (χ0) is 46.6. The van der Waals surface area contributed by atoms with Crippen LogP contribution in [0.5, 0.6) is 57.5 Å². The number of halogens is 2. The summed E-state index contributed by atoms with van der Waals surface area (Å²) in [7, 11) is 1.58. The number of methoxy groups -OCH3 is 1. The van der Waals surface area contributed by atoms with Gasteiger partial charge in [-0.15, -0.1) is 0 Å². The van der Waals surface area contributed by atoms with Crippen LogP contribution in [0.1, 0.15) is 68.9 Å². The number of pyridine rings is 2. The molecule has 5 aliphatic rings. The van der Waals surface area contributed by atoms with Gasteiger partial charge in [0, 0.05) is 73.1 Å². The molecule has 0 bridgehead atoms. The molecule has 2 aliphatic carbocycles. The molecule has 1 saturated heterocycles. The van der Waals surface area contributed by atoms with Gasteiger partial charge in [-0.2, -0.15) is 0 Å². The Hall–Kier alpha value is -6.02. The molecule has 13 nitrogen and oxygen atoms in total. The summed E-state index contributed by atoms with van der Waals surface area (Å²) in [5.41, 5.74) is 3.00. The highest BCUT2D eigenvalue weighted by Gasteiger charge is 2.29. The Balaban J connectivity index is 0.000000160. The van der Waals surface area contributed by atoms with E-state index in [9.17, 15) is 9.59 Å². The number of rotatable bonds is 15. The van der Waals surface area contributed by atoms with Crippen molar-refractivity contribution in [1.29, 1.82) is 0 Å². The lowest BCUT2D eigenvalue weighted by Gasteiger charge is -2.27. The molecule has 3 aliphatic heterocycles. The highest BCUT2D eigenvalue weighted by atomic mass is 35.5. The molecule has 0 amide bonds. The lowest BCUT2D eigenvalue weighted by Crippen LogP contribution is -2.26. The summed E-state index contributed by atoms with van der Waals surface area (Å²) in [6, 6.07) is 18.1. The predicted molar refractivity (Wildman–Crippen MR) is 256 cm³/mol. The van der Waals surface area contributed by atoms with E-state index in [1.54, 1.807) is 49.8 Å². The molecule has 0 N–H and O–H groups in total.